The van der Waals surface area contributed by atoms with Gasteiger partial charge in [-0.2, -0.15) is 0 Å². The predicted molar refractivity (Wildman–Crippen MR) is 67.8 cm³/mol. The first-order valence-corrected chi connectivity index (χ1v) is 6.88. The number of phosphoric acid groups is 1. The minimum absolute atomic E-state index is 0.0530. The molecule has 1 atom stereocenters. The second-order valence-electron chi connectivity index (χ2n) is 4.34. The number of nitrogens with two attached hydrogens (primary N) is 1. The van der Waals surface area contributed by atoms with Gasteiger partial charge in [-0.25, -0.2) is 9.99 Å². The van der Waals surface area contributed by atoms with Crippen molar-refractivity contribution in [3.63, 3.8) is 0 Å². The molecular formula is C10H15N2O7P. The topological polar surface area (TPSA) is 162 Å². The first kappa shape index (κ1) is 16.4. The van der Waals surface area contributed by atoms with Crippen molar-refractivity contribution in [2.24, 2.45) is 5.84 Å². The highest BCUT2D eigenvalue weighted by Crippen LogP contribution is 2.41. The summed E-state index contributed by atoms with van der Waals surface area (Å²) in [5, 5.41) is 18.6. The normalized spacial score (nSPS) is 14.6. The zero-order chi connectivity index (χ0) is 15.6. The molecule has 0 spiro atoms. The molecule has 9 nitrogen and oxygen atoms in total. The summed E-state index contributed by atoms with van der Waals surface area (Å²) < 4.78 is 14.9. The molecule has 0 saturated heterocycles. The van der Waals surface area contributed by atoms with Crippen molar-refractivity contribution in [1.29, 1.82) is 0 Å². The van der Waals surface area contributed by atoms with Gasteiger partial charge in [0.05, 0.1) is 0 Å². The van der Waals surface area contributed by atoms with E-state index < -0.39 is 30.8 Å². The van der Waals surface area contributed by atoms with Crippen molar-refractivity contribution < 1.29 is 33.9 Å². The third kappa shape index (κ3) is 4.19. The van der Waals surface area contributed by atoms with Crippen LogP contribution in [-0.4, -0.2) is 31.5 Å². The van der Waals surface area contributed by atoms with E-state index in [0.717, 1.165) is 12.1 Å². The number of aliphatic carboxylic acids is 1. The van der Waals surface area contributed by atoms with Crippen LogP contribution >= 0.6 is 7.82 Å². The average Bonchev–Trinajstić information content (AvgIpc) is 2.31. The summed E-state index contributed by atoms with van der Waals surface area (Å²) in [5.74, 6) is 3.08. The average molecular weight is 306 g/mol. The summed E-state index contributed by atoms with van der Waals surface area (Å²) in [4.78, 5) is 28.3. The summed E-state index contributed by atoms with van der Waals surface area (Å²) in [6.07, 6.45) is -0.0530. The Morgan fingerprint density at radius 2 is 2.10 bits per heavy atom. The van der Waals surface area contributed by atoms with Gasteiger partial charge >= 0.3 is 13.8 Å². The molecule has 0 radical (unpaired) electrons. The van der Waals surface area contributed by atoms with Gasteiger partial charge in [-0.15, -0.1) is 0 Å². The van der Waals surface area contributed by atoms with Crippen molar-refractivity contribution >= 4 is 13.8 Å². The van der Waals surface area contributed by atoms with Gasteiger partial charge in [0.2, 0.25) is 0 Å². The first-order valence-electron chi connectivity index (χ1n) is 5.35. The monoisotopic (exact) mass is 306 g/mol. The van der Waals surface area contributed by atoms with Gasteiger partial charge in [0.15, 0.2) is 11.5 Å². The van der Waals surface area contributed by atoms with Gasteiger partial charge in [-0.05, 0) is 24.6 Å². The molecule has 112 valence electrons. The molecule has 10 heteroatoms. The Morgan fingerprint density at radius 3 is 2.50 bits per heavy atom. The highest BCUT2D eigenvalue weighted by Gasteiger charge is 2.32. The Balaban J connectivity index is 2.98. The van der Waals surface area contributed by atoms with Gasteiger partial charge in [-0.1, -0.05) is 6.07 Å². The number of rotatable bonds is 6. The largest absolute Gasteiger partial charge is 0.524 e. The van der Waals surface area contributed by atoms with E-state index in [1.807, 2.05) is 0 Å². The number of nitrogens with one attached hydrogen (secondary N) is 1. The van der Waals surface area contributed by atoms with E-state index >= 15 is 0 Å². The molecule has 0 saturated carbocycles. The summed E-state index contributed by atoms with van der Waals surface area (Å²) in [6.45, 7) is 1.35. The number of carbonyl (C=O) groups is 1. The number of hydrazine groups is 1. The maximum Gasteiger partial charge on any atom is 0.524 e. The maximum absolute atomic E-state index is 11.1. The number of phosphoric ester groups is 1. The molecular weight excluding hydrogens is 291 g/mol. The summed E-state index contributed by atoms with van der Waals surface area (Å²) in [5.41, 5.74) is 1.11. The molecule has 1 unspecified atom stereocenters. The van der Waals surface area contributed by atoms with E-state index in [4.69, 9.17) is 20.7 Å². The van der Waals surface area contributed by atoms with E-state index in [0.29, 0.717) is 5.56 Å². The lowest BCUT2D eigenvalue weighted by atomic mass is 9.93. The number of aromatic hydroxyl groups is 1. The number of carboxylic acid groups (broad SMARTS) is 1. The molecule has 1 rings (SSSR count). The quantitative estimate of drug-likeness (QED) is 0.235. The molecule has 7 N–H and O–H groups in total. The molecule has 0 aliphatic rings. The van der Waals surface area contributed by atoms with Crippen LogP contribution in [0.15, 0.2) is 18.2 Å². The maximum atomic E-state index is 11.1. The number of hydrogen-bond acceptors (Lipinski definition) is 6. The molecule has 1 aromatic rings. The first-order chi connectivity index (χ1) is 9.07. The van der Waals surface area contributed by atoms with Crippen LogP contribution in [0.5, 0.6) is 11.5 Å². The fraction of sp³-hybridized carbons (Fsp3) is 0.300. The zero-order valence-electron chi connectivity index (χ0n) is 10.5. The minimum atomic E-state index is -4.78. The van der Waals surface area contributed by atoms with Crippen molar-refractivity contribution in [3.8, 4) is 11.5 Å². The van der Waals surface area contributed by atoms with Crippen LogP contribution in [0, 0.1) is 0 Å². The molecule has 0 fully saturated rings. The van der Waals surface area contributed by atoms with Gasteiger partial charge in [0, 0.05) is 6.42 Å². The van der Waals surface area contributed by atoms with Gasteiger partial charge in [0.1, 0.15) is 5.54 Å². The third-order valence-electron chi connectivity index (χ3n) is 2.59. The van der Waals surface area contributed by atoms with E-state index in [1.54, 1.807) is 0 Å². The van der Waals surface area contributed by atoms with Crippen molar-refractivity contribution in [3.05, 3.63) is 23.8 Å². The van der Waals surface area contributed by atoms with Crippen LogP contribution in [-0.2, 0) is 15.8 Å². The second-order valence-corrected chi connectivity index (χ2v) is 5.51. The molecule has 0 amide bonds. The molecule has 0 aromatic heterocycles. The van der Waals surface area contributed by atoms with Gasteiger partial charge in [-0.3, -0.25) is 20.4 Å². The van der Waals surface area contributed by atoms with E-state index in [9.17, 15) is 14.5 Å². The van der Waals surface area contributed by atoms with Crippen LogP contribution in [0.4, 0.5) is 0 Å². The number of phenols is 1. The van der Waals surface area contributed by atoms with Crippen molar-refractivity contribution in [2.45, 2.75) is 18.9 Å². The van der Waals surface area contributed by atoms with Crippen molar-refractivity contribution in [1.82, 2.24) is 5.43 Å². The fourth-order valence-corrected chi connectivity index (χ4v) is 1.89. The Labute approximate surface area is 114 Å². The number of phenolic OH excluding ortho intramolecular Hbond substituents is 1. The van der Waals surface area contributed by atoms with Crippen LogP contribution in [0.1, 0.15) is 12.5 Å². The second kappa shape index (κ2) is 5.78. The van der Waals surface area contributed by atoms with Gasteiger partial charge < -0.3 is 14.7 Å². The van der Waals surface area contributed by atoms with Crippen LogP contribution in [0.3, 0.4) is 0 Å². The predicted octanol–water partition coefficient (Wildman–Crippen LogP) is -0.287. The Morgan fingerprint density at radius 1 is 1.50 bits per heavy atom. The van der Waals surface area contributed by atoms with Crippen molar-refractivity contribution in [2.75, 3.05) is 0 Å². The molecule has 1 aromatic carbocycles. The van der Waals surface area contributed by atoms with Crippen LogP contribution < -0.4 is 15.8 Å². The highest BCUT2D eigenvalue weighted by molar-refractivity contribution is 7.46. The Hall–Kier alpha value is -1.64. The minimum Gasteiger partial charge on any atom is -0.504 e. The SMILES string of the molecule is CC(Cc1ccc(OP(=O)(O)O)c(O)c1)(NN)C(=O)O. The lowest BCUT2D eigenvalue weighted by molar-refractivity contribution is -0.144. The number of carboxylic acids is 1. The third-order valence-corrected chi connectivity index (χ3v) is 3.02. The number of hydrogen-bond donors (Lipinski definition) is 6. The fourth-order valence-electron chi connectivity index (χ4n) is 1.47. The lowest BCUT2D eigenvalue weighted by Crippen LogP contribution is -2.54. The summed E-state index contributed by atoms with van der Waals surface area (Å²) in [7, 11) is -4.78. The summed E-state index contributed by atoms with van der Waals surface area (Å²) in [6, 6.07) is 3.63. The zero-order valence-corrected chi connectivity index (χ0v) is 11.4. The summed E-state index contributed by atoms with van der Waals surface area (Å²) >= 11 is 0. The lowest BCUT2D eigenvalue weighted by Gasteiger charge is -2.23. The van der Waals surface area contributed by atoms with E-state index in [2.05, 4.69) is 9.95 Å². The van der Waals surface area contributed by atoms with E-state index in [1.165, 1.54) is 13.0 Å². The highest BCUT2D eigenvalue weighted by atomic mass is 31.2. The molecule has 0 aliphatic carbocycles. The van der Waals surface area contributed by atoms with Gasteiger partial charge in [0.25, 0.3) is 0 Å². The Bertz CT molecular complexity index is 559. The van der Waals surface area contributed by atoms with Crippen LogP contribution in [0.2, 0.25) is 0 Å². The molecule has 0 aliphatic heterocycles. The van der Waals surface area contributed by atoms with E-state index in [-0.39, 0.29) is 6.42 Å². The van der Waals surface area contributed by atoms with Crippen LogP contribution in [0.25, 0.3) is 0 Å². The standard InChI is InChI=1S/C10H15N2O7P/c1-10(12-11,9(14)15)5-6-2-3-8(7(13)4-6)19-20(16,17)18/h2-4,12-13H,5,11H2,1H3,(H,14,15)(H2,16,17,18). The number of benzene rings is 1. The smallest absolute Gasteiger partial charge is 0.504 e. The molecule has 0 heterocycles. The Kier molecular flexibility index (Phi) is 4.74. The molecule has 0 bridgehead atoms. The molecule has 20 heavy (non-hydrogen) atoms.